The normalized spacial score (nSPS) is 12.5. The Morgan fingerprint density at radius 3 is 2.78 bits per heavy atom. The van der Waals surface area contributed by atoms with Crippen molar-refractivity contribution in [2.24, 2.45) is 0 Å². The number of nitrogens with zero attached hydrogens (tertiary/aromatic N) is 2. The van der Waals surface area contributed by atoms with Crippen LogP contribution in [-0.4, -0.2) is 16.8 Å². The summed E-state index contributed by atoms with van der Waals surface area (Å²) in [7, 11) is 0. The average molecular weight is 247 g/mol. The summed E-state index contributed by atoms with van der Waals surface area (Å²) in [5.74, 6) is 1.41. The second kappa shape index (κ2) is 4.48. The predicted molar refractivity (Wildman–Crippen MR) is 61.9 cm³/mol. The Bertz CT molecular complexity index is 560. The minimum absolute atomic E-state index is 0.257. The molecule has 5 nitrogen and oxygen atoms in total. The SMILES string of the molecule is Fc1cnc(NCc2ccc3c(c2)OCO3)nc1. The van der Waals surface area contributed by atoms with Crippen molar-refractivity contribution >= 4 is 5.95 Å². The minimum atomic E-state index is -0.455. The van der Waals surface area contributed by atoms with Gasteiger partial charge in [0.15, 0.2) is 17.3 Å². The Balaban J connectivity index is 1.68. The van der Waals surface area contributed by atoms with Crippen molar-refractivity contribution in [2.75, 3.05) is 12.1 Å². The van der Waals surface area contributed by atoms with Gasteiger partial charge in [0, 0.05) is 6.54 Å². The lowest BCUT2D eigenvalue weighted by atomic mass is 10.2. The molecule has 0 spiro atoms. The Morgan fingerprint density at radius 1 is 1.17 bits per heavy atom. The molecule has 3 rings (SSSR count). The molecule has 92 valence electrons. The molecule has 1 aromatic heterocycles. The van der Waals surface area contributed by atoms with Crippen LogP contribution in [0, 0.1) is 5.82 Å². The van der Waals surface area contributed by atoms with Crippen LogP contribution in [0.1, 0.15) is 5.56 Å². The lowest BCUT2D eigenvalue weighted by molar-refractivity contribution is 0.174. The fourth-order valence-corrected chi connectivity index (χ4v) is 1.64. The molecule has 18 heavy (non-hydrogen) atoms. The predicted octanol–water partition coefficient (Wildman–Crippen LogP) is 1.96. The van der Waals surface area contributed by atoms with E-state index in [4.69, 9.17) is 9.47 Å². The van der Waals surface area contributed by atoms with E-state index in [1.165, 1.54) is 0 Å². The Morgan fingerprint density at radius 2 is 1.94 bits per heavy atom. The topological polar surface area (TPSA) is 56.3 Å². The zero-order valence-electron chi connectivity index (χ0n) is 9.39. The van der Waals surface area contributed by atoms with Crippen molar-refractivity contribution < 1.29 is 13.9 Å². The second-order valence-corrected chi connectivity index (χ2v) is 3.77. The highest BCUT2D eigenvalue weighted by Gasteiger charge is 2.12. The molecular weight excluding hydrogens is 237 g/mol. The molecular formula is C12H10FN3O2. The van der Waals surface area contributed by atoms with E-state index in [2.05, 4.69) is 15.3 Å². The Hall–Kier alpha value is -2.37. The van der Waals surface area contributed by atoms with Crippen molar-refractivity contribution in [1.29, 1.82) is 0 Å². The molecule has 0 aliphatic carbocycles. The highest BCUT2D eigenvalue weighted by molar-refractivity contribution is 5.45. The summed E-state index contributed by atoms with van der Waals surface area (Å²) in [6.45, 7) is 0.787. The lowest BCUT2D eigenvalue weighted by Crippen LogP contribution is -2.03. The molecule has 0 bridgehead atoms. The van der Waals surface area contributed by atoms with Crippen molar-refractivity contribution in [1.82, 2.24) is 9.97 Å². The van der Waals surface area contributed by atoms with Crippen LogP contribution in [0.25, 0.3) is 0 Å². The van der Waals surface area contributed by atoms with Gasteiger partial charge in [0.1, 0.15) is 0 Å². The molecule has 0 radical (unpaired) electrons. The van der Waals surface area contributed by atoms with Gasteiger partial charge in [-0.2, -0.15) is 0 Å². The third kappa shape index (κ3) is 2.17. The zero-order chi connectivity index (χ0) is 12.4. The number of aromatic nitrogens is 2. The van der Waals surface area contributed by atoms with Crippen LogP contribution in [0.3, 0.4) is 0 Å². The van der Waals surface area contributed by atoms with Crippen molar-refractivity contribution in [2.45, 2.75) is 6.54 Å². The molecule has 0 fully saturated rings. The van der Waals surface area contributed by atoms with Gasteiger partial charge >= 0.3 is 0 Å². The molecule has 0 atom stereocenters. The number of halogens is 1. The number of anilines is 1. The molecule has 6 heteroatoms. The van der Waals surface area contributed by atoms with Gasteiger partial charge < -0.3 is 14.8 Å². The number of hydrogen-bond donors (Lipinski definition) is 1. The molecule has 2 heterocycles. The van der Waals surface area contributed by atoms with Gasteiger partial charge in [0.2, 0.25) is 12.7 Å². The van der Waals surface area contributed by atoms with Crippen LogP contribution < -0.4 is 14.8 Å². The minimum Gasteiger partial charge on any atom is -0.454 e. The van der Waals surface area contributed by atoms with Crippen LogP contribution in [0.15, 0.2) is 30.6 Å². The first kappa shape index (κ1) is 10.8. The standard InChI is InChI=1S/C12H10FN3O2/c13-9-5-15-12(16-6-9)14-4-8-1-2-10-11(3-8)18-7-17-10/h1-3,5-6H,4,7H2,(H,14,15,16). The summed E-state index contributed by atoms with van der Waals surface area (Å²) in [6, 6.07) is 5.66. The van der Waals surface area contributed by atoms with Crippen molar-refractivity contribution in [3.8, 4) is 11.5 Å². The number of nitrogens with one attached hydrogen (secondary N) is 1. The van der Waals surface area contributed by atoms with E-state index in [0.29, 0.717) is 12.5 Å². The molecule has 2 aromatic rings. The van der Waals surface area contributed by atoms with E-state index < -0.39 is 5.82 Å². The maximum atomic E-state index is 12.6. The van der Waals surface area contributed by atoms with Gasteiger partial charge in [-0.3, -0.25) is 0 Å². The third-order valence-electron chi connectivity index (χ3n) is 2.51. The molecule has 0 saturated heterocycles. The van der Waals surface area contributed by atoms with E-state index >= 15 is 0 Å². The summed E-state index contributed by atoms with van der Waals surface area (Å²) in [4.78, 5) is 7.63. The van der Waals surface area contributed by atoms with Crippen LogP contribution in [-0.2, 0) is 6.54 Å². The molecule has 0 saturated carbocycles. The van der Waals surface area contributed by atoms with E-state index in [9.17, 15) is 4.39 Å². The molecule has 1 aromatic carbocycles. The summed E-state index contributed by atoms with van der Waals surface area (Å²) < 4.78 is 23.1. The van der Waals surface area contributed by atoms with Gasteiger partial charge in [-0.05, 0) is 17.7 Å². The van der Waals surface area contributed by atoms with Gasteiger partial charge in [-0.1, -0.05) is 6.07 Å². The van der Waals surface area contributed by atoms with Crippen LogP contribution in [0.5, 0.6) is 11.5 Å². The fraction of sp³-hybridized carbons (Fsp3) is 0.167. The van der Waals surface area contributed by atoms with Crippen LogP contribution in [0.4, 0.5) is 10.3 Å². The first-order valence-electron chi connectivity index (χ1n) is 5.41. The quantitative estimate of drug-likeness (QED) is 0.898. The van der Waals surface area contributed by atoms with Gasteiger partial charge in [-0.15, -0.1) is 0 Å². The number of ether oxygens (including phenoxy) is 2. The van der Waals surface area contributed by atoms with Crippen LogP contribution in [0.2, 0.25) is 0 Å². The molecule has 1 aliphatic heterocycles. The first-order chi connectivity index (χ1) is 8.81. The Labute approximate surface area is 103 Å². The van der Waals surface area contributed by atoms with E-state index in [1.807, 2.05) is 18.2 Å². The van der Waals surface area contributed by atoms with Crippen LogP contribution >= 0.6 is 0 Å². The summed E-state index contributed by atoms with van der Waals surface area (Å²) in [5, 5.41) is 2.99. The van der Waals surface area contributed by atoms with Gasteiger partial charge in [0.05, 0.1) is 12.4 Å². The average Bonchev–Trinajstić information content (AvgIpc) is 2.85. The van der Waals surface area contributed by atoms with Crippen molar-refractivity contribution in [3.63, 3.8) is 0 Å². The molecule has 0 amide bonds. The Kier molecular flexibility index (Phi) is 2.68. The van der Waals surface area contributed by atoms with Gasteiger partial charge in [0.25, 0.3) is 0 Å². The zero-order valence-corrected chi connectivity index (χ0v) is 9.39. The number of benzene rings is 1. The molecule has 0 unspecified atom stereocenters. The van der Waals surface area contributed by atoms with E-state index in [-0.39, 0.29) is 6.79 Å². The highest BCUT2D eigenvalue weighted by Crippen LogP contribution is 2.32. The number of fused-ring (bicyclic) bond motifs is 1. The fourth-order valence-electron chi connectivity index (χ4n) is 1.64. The smallest absolute Gasteiger partial charge is 0.231 e. The first-order valence-corrected chi connectivity index (χ1v) is 5.41. The third-order valence-corrected chi connectivity index (χ3v) is 2.51. The second-order valence-electron chi connectivity index (χ2n) is 3.77. The summed E-state index contributed by atoms with van der Waals surface area (Å²) >= 11 is 0. The molecule has 1 N–H and O–H groups in total. The number of hydrogen-bond acceptors (Lipinski definition) is 5. The summed E-state index contributed by atoms with van der Waals surface area (Å²) in [5.41, 5.74) is 1.01. The van der Waals surface area contributed by atoms with Crippen molar-refractivity contribution in [3.05, 3.63) is 42.0 Å². The lowest BCUT2D eigenvalue weighted by Gasteiger charge is -2.05. The maximum absolute atomic E-state index is 12.6. The van der Waals surface area contributed by atoms with Gasteiger partial charge in [-0.25, -0.2) is 14.4 Å². The highest BCUT2D eigenvalue weighted by atomic mass is 19.1. The monoisotopic (exact) mass is 247 g/mol. The largest absolute Gasteiger partial charge is 0.454 e. The molecule has 1 aliphatic rings. The van der Waals surface area contributed by atoms with E-state index in [1.54, 1.807) is 0 Å². The summed E-state index contributed by atoms with van der Waals surface area (Å²) in [6.07, 6.45) is 2.24. The maximum Gasteiger partial charge on any atom is 0.231 e. The number of rotatable bonds is 3. The van der Waals surface area contributed by atoms with E-state index in [0.717, 1.165) is 29.5 Å².